The zero-order chi connectivity index (χ0) is 15.3. The summed E-state index contributed by atoms with van der Waals surface area (Å²) in [5.41, 5.74) is 0.593. The van der Waals surface area contributed by atoms with Gasteiger partial charge in [-0.1, -0.05) is 57.2 Å². The molecule has 0 aliphatic rings. The Morgan fingerprint density at radius 1 is 0.952 bits per heavy atom. The standard InChI is InChI=1S/C19H20O2/c1-19(2,3)18(20)13-12-15-8-7-11-17(14-15)21-16-9-5-4-6-10-16/h4-14H,1-3H3/b13-12-. The molecule has 0 heterocycles. The van der Waals surface area contributed by atoms with Crippen molar-refractivity contribution < 1.29 is 9.53 Å². The molecule has 0 amide bonds. The van der Waals surface area contributed by atoms with E-state index in [0.717, 1.165) is 17.1 Å². The van der Waals surface area contributed by atoms with E-state index in [2.05, 4.69) is 0 Å². The van der Waals surface area contributed by atoms with E-state index in [-0.39, 0.29) is 11.2 Å². The number of hydrogen-bond acceptors (Lipinski definition) is 2. The van der Waals surface area contributed by atoms with Gasteiger partial charge in [-0.15, -0.1) is 0 Å². The smallest absolute Gasteiger partial charge is 0.161 e. The third-order valence-corrected chi connectivity index (χ3v) is 3.00. The van der Waals surface area contributed by atoms with Gasteiger partial charge in [0.25, 0.3) is 0 Å². The Morgan fingerprint density at radius 2 is 1.62 bits per heavy atom. The molecule has 0 aliphatic carbocycles. The Kier molecular flexibility index (Phi) is 4.59. The predicted molar refractivity (Wildman–Crippen MR) is 86.5 cm³/mol. The average molecular weight is 280 g/mol. The Balaban J connectivity index is 2.11. The highest BCUT2D eigenvalue weighted by Crippen LogP contribution is 2.23. The molecule has 2 nitrogen and oxygen atoms in total. The number of para-hydroxylation sites is 1. The summed E-state index contributed by atoms with van der Waals surface area (Å²) in [6.45, 7) is 5.73. The van der Waals surface area contributed by atoms with Crippen LogP contribution in [0.2, 0.25) is 0 Å². The molecule has 0 spiro atoms. The highest BCUT2D eigenvalue weighted by Gasteiger charge is 2.17. The zero-order valence-electron chi connectivity index (χ0n) is 12.7. The van der Waals surface area contributed by atoms with Gasteiger partial charge in [0.2, 0.25) is 0 Å². The second-order valence-corrected chi connectivity index (χ2v) is 5.94. The minimum absolute atomic E-state index is 0.108. The van der Waals surface area contributed by atoms with Gasteiger partial charge >= 0.3 is 0 Å². The molecule has 2 aromatic rings. The van der Waals surface area contributed by atoms with E-state index in [0.29, 0.717) is 0 Å². The summed E-state index contributed by atoms with van der Waals surface area (Å²) in [7, 11) is 0. The fourth-order valence-electron chi connectivity index (χ4n) is 1.73. The number of allylic oxidation sites excluding steroid dienone is 1. The first kappa shape index (κ1) is 15.0. The zero-order valence-corrected chi connectivity index (χ0v) is 12.7. The number of carbonyl (C=O) groups excluding carboxylic acids is 1. The molecule has 0 N–H and O–H groups in total. The number of carbonyl (C=O) groups is 1. The maximum absolute atomic E-state index is 11.9. The van der Waals surface area contributed by atoms with Crippen LogP contribution in [0.15, 0.2) is 60.7 Å². The summed E-state index contributed by atoms with van der Waals surface area (Å²) in [6.07, 6.45) is 3.45. The molecule has 0 saturated carbocycles. The lowest BCUT2D eigenvalue weighted by atomic mass is 9.90. The maximum Gasteiger partial charge on any atom is 0.161 e. The third-order valence-electron chi connectivity index (χ3n) is 3.00. The fraction of sp³-hybridized carbons (Fsp3) is 0.211. The Labute approximate surface area is 126 Å². The Morgan fingerprint density at radius 3 is 2.29 bits per heavy atom. The monoisotopic (exact) mass is 280 g/mol. The molecule has 0 aliphatic heterocycles. The van der Waals surface area contributed by atoms with Crippen molar-refractivity contribution >= 4 is 11.9 Å². The van der Waals surface area contributed by atoms with E-state index in [9.17, 15) is 4.79 Å². The molecule has 108 valence electrons. The summed E-state index contributed by atoms with van der Waals surface area (Å²) in [6, 6.07) is 17.3. The van der Waals surface area contributed by atoms with Crippen LogP contribution in [0.25, 0.3) is 6.08 Å². The van der Waals surface area contributed by atoms with Crippen LogP contribution in [0.1, 0.15) is 26.3 Å². The second-order valence-electron chi connectivity index (χ2n) is 5.94. The SMILES string of the molecule is CC(C)(C)C(=O)/C=C\c1cccc(Oc2ccccc2)c1. The molecule has 2 aromatic carbocycles. The average Bonchev–Trinajstić information content (AvgIpc) is 2.45. The van der Waals surface area contributed by atoms with Crippen LogP contribution in [-0.2, 0) is 4.79 Å². The highest BCUT2D eigenvalue weighted by atomic mass is 16.5. The molecule has 0 unspecified atom stereocenters. The maximum atomic E-state index is 11.9. The van der Waals surface area contributed by atoms with Gasteiger partial charge in [0, 0.05) is 5.41 Å². The number of ether oxygens (including phenoxy) is 1. The van der Waals surface area contributed by atoms with Crippen molar-refractivity contribution in [1.82, 2.24) is 0 Å². The fourth-order valence-corrected chi connectivity index (χ4v) is 1.73. The van der Waals surface area contributed by atoms with Crippen molar-refractivity contribution in [1.29, 1.82) is 0 Å². The summed E-state index contributed by atoms with van der Waals surface area (Å²) < 4.78 is 5.77. The predicted octanol–water partition coefficient (Wildman–Crippen LogP) is 5.11. The molecule has 2 rings (SSSR count). The Bertz CT molecular complexity index is 634. The lowest BCUT2D eigenvalue weighted by Gasteiger charge is -2.13. The summed E-state index contributed by atoms with van der Waals surface area (Å²) in [4.78, 5) is 11.9. The van der Waals surface area contributed by atoms with Crippen molar-refractivity contribution in [3.05, 3.63) is 66.2 Å². The quantitative estimate of drug-likeness (QED) is 0.728. The number of benzene rings is 2. The number of ketones is 1. The van der Waals surface area contributed by atoms with Crippen LogP contribution in [0, 0.1) is 5.41 Å². The van der Waals surface area contributed by atoms with Crippen molar-refractivity contribution in [2.45, 2.75) is 20.8 Å². The van der Waals surface area contributed by atoms with Crippen LogP contribution < -0.4 is 4.74 Å². The lowest BCUT2D eigenvalue weighted by molar-refractivity contribution is -0.121. The number of rotatable bonds is 4. The molecular formula is C19H20O2. The van der Waals surface area contributed by atoms with Gasteiger partial charge in [-0.05, 0) is 35.9 Å². The molecule has 2 heteroatoms. The summed E-state index contributed by atoms with van der Waals surface area (Å²) in [5, 5.41) is 0. The van der Waals surface area contributed by atoms with Gasteiger partial charge < -0.3 is 4.74 Å². The minimum atomic E-state index is -0.353. The van der Waals surface area contributed by atoms with E-state index in [1.807, 2.05) is 81.4 Å². The molecular weight excluding hydrogens is 260 g/mol. The molecule has 21 heavy (non-hydrogen) atoms. The van der Waals surface area contributed by atoms with Gasteiger partial charge in [0.1, 0.15) is 11.5 Å². The van der Waals surface area contributed by atoms with Crippen molar-refractivity contribution in [3.63, 3.8) is 0 Å². The molecule has 0 aromatic heterocycles. The number of hydrogen-bond donors (Lipinski definition) is 0. The third kappa shape index (κ3) is 4.60. The van der Waals surface area contributed by atoms with Gasteiger partial charge in [-0.25, -0.2) is 0 Å². The molecule has 0 atom stereocenters. The first-order valence-corrected chi connectivity index (χ1v) is 7.01. The van der Waals surface area contributed by atoms with Crippen molar-refractivity contribution in [2.24, 2.45) is 5.41 Å². The van der Waals surface area contributed by atoms with E-state index < -0.39 is 0 Å². The highest BCUT2D eigenvalue weighted by molar-refractivity contribution is 5.97. The van der Waals surface area contributed by atoms with Crippen LogP contribution in [0.4, 0.5) is 0 Å². The van der Waals surface area contributed by atoms with Gasteiger partial charge in [0.05, 0.1) is 0 Å². The summed E-state index contributed by atoms with van der Waals surface area (Å²) >= 11 is 0. The van der Waals surface area contributed by atoms with Gasteiger partial charge in [0.15, 0.2) is 5.78 Å². The van der Waals surface area contributed by atoms with Gasteiger partial charge in [-0.2, -0.15) is 0 Å². The van der Waals surface area contributed by atoms with Gasteiger partial charge in [-0.3, -0.25) is 4.79 Å². The van der Waals surface area contributed by atoms with Crippen LogP contribution in [0.5, 0.6) is 11.5 Å². The first-order chi connectivity index (χ1) is 9.95. The normalized spacial score (nSPS) is 11.6. The molecule has 0 saturated heterocycles. The van der Waals surface area contributed by atoms with E-state index in [1.165, 1.54) is 0 Å². The topological polar surface area (TPSA) is 26.3 Å². The molecule has 0 fully saturated rings. The second kappa shape index (κ2) is 6.40. The minimum Gasteiger partial charge on any atom is -0.457 e. The van der Waals surface area contributed by atoms with Crippen LogP contribution in [0.3, 0.4) is 0 Å². The Hall–Kier alpha value is -2.35. The van der Waals surface area contributed by atoms with Crippen molar-refractivity contribution in [3.8, 4) is 11.5 Å². The van der Waals surface area contributed by atoms with Crippen molar-refractivity contribution in [2.75, 3.05) is 0 Å². The van der Waals surface area contributed by atoms with E-state index in [1.54, 1.807) is 6.08 Å². The van der Waals surface area contributed by atoms with E-state index >= 15 is 0 Å². The van der Waals surface area contributed by atoms with Crippen LogP contribution >= 0.6 is 0 Å². The lowest BCUT2D eigenvalue weighted by Crippen LogP contribution is -2.17. The van der Waals surface area contributed by atoms with Crippen LogP contribution in [-0.4, -0.2) is 5.78 Å². The first-order valence-electron chi connectivity index (χ1n) is 7.01. The largest absolute Gasteiger partial charge is 0.457 e. The molecule has 0 bridgehead atoms. The van der Waals surface area contributed by atoms with E-state index in [4.69, 9.17) is 4.74 Å². The summed E-state index contributed by atoms with van der Waals surface area (Å²) in [5.74, 6) is 1.66. The molecule has 0 radical (unpaired) electrons.